The summed E-state index contributed by atoms with van der Waals surface area (Å²) in [5.74, 6) is 2.49. The molecule has 2 aliphatic carbocycles. The summed E-state index contributed by atoms with van der Waals surface area (Å²) in [6.07, 6.45) is 13.5. The summed E-state index contributed by atoms with van der Waals surface area (Å²) in [6, 6.07) is 0.296. The van der Waals surface area contributed by atoms with Crippen LogP contribution in [0, 0.1) is 5.92 Å². The Morgan fingerprint density at radius 3 is 2.50 bits per heavy atom. The molecule has 0 aromatic carbocycles. The number of hydrogen-bond acceptors (Lipinski definition) is 6. The predicted octanol–water partition coefficient (Wildman–Crippen LogP) is 4.28. The van der Waals surface area contributed by atoms with Gasteiger partial charge in [0.05, 0.1) is 17.0 Å². The van der Waals surface area contributed by atoms with Gasteiger partial charge in [-0.25, -0.2) is 15.0 Å². The smallest absolute Gasteiger partial charge is 0.224 e. The predicted molar refractivity (Wildman–Crippen MR) is 119 cm³/mol. The van der Waals surface area contributed by atoms with Crippen LogP contribution in [0.2, 0.25) is 0 Å². The van der Waals surface area contributed by atoms with E-state index in [2.05, 4.69) is 18.8 Å². The lowest BCUT2D eigenvalue weighted by Crippen LogP contribution is -2.31. The second kappa shape index (κ2) is 9.56. The highest BCUT2D eigenvalue weighted by Gasteiger charge is 2.26. The summed E-state index contributed by atoms with van der Waals surface area (Å²) in [4.78, 5) is 14.4. The van der Waals surface area contributed by atoms with Crippen molar-refractivity contribution in [3.8, 4) is 5.88 Å². The van der Waals surface area contributed by atoms with Gasteiger partial charge in [-0.15, -0.1) is 0 Å². The van der Waals surface area contributed by atoms with Crippen molar-refractivity contribution < 1.29 is 9.84 Å². The van der Waals surface area contributed by atoms with Gasteiger partial charge < -0.3 is 15.6 Å². The molecule has 2 saturated carbocycles. The van der Waals surface area contributed by atoms with Gasteiger partial charge in [0.25, 0.3) is 0 Å². The normalized spacial score (nSPS) is 28.4. The molecule has 1 atom stereocenters. The second-order valence-corrected chi connectivity index (χ2v) is 9.44. The number of rotatable bonds is 6. The fourth-order valence-electron chi connectivity index (χ4n) is 4.75. The lowest BCUT2D eigenvalue weighted by atomic mass is 9.82. The molecule has 0 saturated heterocycles. The van der Waals surface area contributed by atoms with Crippen LogP contribution in [0.1, 0.15) is 88.9 Å². The molecule has 2 heterocycles. The quantitative estimate of drug-likeness (QED) is 0.735. The number of pyridine rings is 1. The van der Waals surface area contributed by atoms with Gasteiger partial charge in [-0.1, -0.05) is 20.3 Å². The van der Waals surface area contributed by atoms with Gasteiger partial charge in [-0.2, -0.15) is 0 Å². The highest BCUT2D eigenvalue weighted by atomic mass is 16.5. The van der Waals surface area contributed by atoms with E-state index in [1.165, 1.54) is 5.56 Å². The zero-order valence-corrected chi connectivity index (χ0v) is 18.4. The fourth-order valence-corrected chi connectivity index (χ4v) is 4.75. The number of nitrogens with two attached hydrogens (primary N) is 1. The summed E-state index contributed by atoms with van der Waals surface area (Å²) < 4.78 is 6.33. The van der Waals surface area contributed by atoms with Crippen LogP contribution in [0.5, 0.6) is 5.88 Å². The van der Waals surface area contributed by atoms with Gasteiger partial charge in [-0.3, -0.25) is 0 Å². The van der Waals surface area contributed by atoms with Crippen molar-refractivity contribution in [1.82, 2.24) is 15.0 Å². The topological polar surface area (TPSA) is 94.2 Å². The minimum absolute atomic E-state index is 0.163. The van der Waals surface area contributed by atoms with Gasteiger partial charge in [0, 0.05) is 30.4 Å². The molecule has 0 radical (unpaired) electrons. The van der Waals surface area contributed by atoms with E-state index < -0.39 is 0 Å². The van der Waals surface area contributed by atoms with Crippen LogP contribution in [0.3, 0.4) is 0 Å². The van der Waals surface area contributed by atoms with E-state index in [1.807, 2.05) is 12.4 Å². The molecule has 6 nitrogen and oxygen atoms in total. The molecule has 0 spiro atoms. The van der Waals surface area contributed by atoms with Gasteiger partial charge in [-0.05, 0) is 63.2 Å². The maximum Gasteiger partial charge on any atom is 0.224 e. The van der Waals surface area contributed by atoms with Crippen LogP contribution in [0.25, 0.3) is 10.9 Å². The second-order valence-electron chi connectivity index (χ2n) is 9.44. The molecule has 0 amide bonds. The molecule has 0 aliphatic heterocycles. The Kier molecular flexibility index (Phi) is 6.84. The molecule has 0 bridgehead atoms. The van der Waals surface area contributed by atoms with Gasteiger partial charge in [0.2, 0.25) is 5.88 Å². The maximum absolute atomic E-state index is 9.93. The van der Waals surface area contributed by atoms with Crippen LogP contribution >= 0.6 is 0 Å². The molecular formula is C24H36N4O2. The summed E-state index contributed by atoms with van der Waals surface area (Å²) in [7, 11) is 0. The molecule has 6 heteroatoms. The van der Waals surface area contributed by atoms with Crippen molar-refractivity contribution >= 4 is 10.9 Å². The van der Waals surface area contributed by atoms with Crippen LogP contribution < -0.4 is 10.5 Å². The highest BCUT2D eigenvalue weighted by molar-refractivity contribution is 5.85. The van der Waals surface area contributed by atoms with Gasteiger partial charge in [0.1, 0.15) is 11.9 Å². The fraction of sp³-hybridized carbons (Fsp3) is 0.708. The minimum Gasteiger partial charge on any atom is -0.474 e. The third kappa shape index (κ3) is 4.92. The SMILES string of the molecule is CC[C@H](C)Cc1ncc2c(OC3CCC(N)CC3)ncc(C3CCC(O)CC3)c2n1. The molecule has 2 fully saturated rings. The molecule has 2 aromatic heterocycles. The molecule has 164 valence electrons. The van der Waals surface area contributed by atoms with E-state index in [0.717, 1.165) is 80.9 Å². The van der Waals surface area contributed by atoms with E-state index in [1.54, 1.807) is 0 Å². The molecule has 3 N–H and O–H groups in total. The number of hydrogen-bond donors (Lipinski definition) is 2. The lowest BCUT2D eigenvalue weighted by Gasteiger charge is -2.28. The third-order valence-corrected chi connectivity index (χ3v) is 7.03. The summed E-state index contributed by atoms with van der Waals surface area (Å²) in [6.45, 7) is 4.45. The Labute approximate surface area is 179 Å². The maximum atomic E-state index is 9.93. The molecular weight excluding hydrogens is 376 g/mol. The Morgan fingerprint density at radius 2 is 1.80 bits per heavy atom. The van der Waals surface area contributed by atoms with Crippen molar-refractivity contribution in [2.24, 2.45) is 11.7 Å². The van der Waals surface area contributed by atoms with Crippen LogP contribution in [-0.2, 0) is 6.42 Å². The summed E-state index contributed by atoms with van der Waals surface area (Å²) in [5.41, 5.74) is 8.22. The lowest BCUT2D eigenvalue weighted by molar-refractivity contribution is 0.122. The van der Waals surface area contributed by atoms with Crippen molar-refractivity contribution in [3.05, 3.63) is 23.8 Å². The Morgan fingerprint density at radius 1 is 1.07 bits per heavy atom. The molecule has 30 heavy (non-hydrogen) atoms. The first-order valence-corrected chi connectivity index (χ1v) is 11.8. The van der Waals surface area contributed by atoms with Crippen molar-refractivity contribution in [1.29, 1.82) is 0 Å². The number of aliphatic hydroxyl groups excluding tert-OH is 1. The average molecular weight is 413 g/mol. The zero-order valence-electron chi connectivity index (χ0n) is 18.4. The Bertz CT molecular complexity index is 842. The molecule has 4 rings (SSSR count). The molecule has 0 unspecified atom stereocenters. The van der Waals surface area contributed by atoms with Gasteiger partial charge in [0.15, 0.2) is 0 Å². The van der Waals surface area contributed by atoms with E-state index in [9.17, 15) is 5.11 Å². The largest absolute Gasteiger partial charge is 0.474 e. The van der Waals surface area contributed by atoms with Crippen LogP contribution in [-0.4, -0.2) is 38.3 Å². The molecule has 2 aliphatic rings. The van der Waals surface area contributed by atoms with Crippen molar-refractivity contribution in [3.63, 3.8) is 0 Å². The Hall–Kier alpha value is -1.79. The van der Waals surface area contributed by atoms with Crippen LogP contribution in [0.4, 0.5) is 0 Å². The van der Waals surface area contributed by atoms with Crippen molar-refractivity contribution in [2.45, 2.75) is 102 Å². The first-order valence-electron chi connectivity index (χ1n) is 11.8. The van der Waals surface area contributed by atoms with E-state index in [4.69, 9.17) is 20.4 Å². The van der Waals surface area contributed by atoms with Gasteiger partial charge >= 0.3 is 0 Å². The number of nitrogens with zero attached hydrogens (tertiary/aromatic N) is 3. The highest BCUT2D eigenvalue weighted by Crippen LogP contribution is 2.38. The first kappa shape index (κ1) is 21.4. The molecule has 2 aromatic rings. The number of aromatic nitrogens is 3. The third-order valence-electron chi connectivity index (χ3n) is 7.03. The van der Waals surface area contributed by atoms with Crippen molar-refractivity contribution in [2.75, 3.05) is 0 Å². The zero-order chi connectivity index (χ0) is 21.1. The van der Waals surface area contributed by atoms with E-state index >= 15 is 0 Å². The van der Waals surface area contributed by atoms with Crippen LogP contribution in [0.15, 0.2) is 12.4 Å². The first-order chi connectivity index (χ1) is 14.5. The van der Waals surface area contributed by atoms with E-state index in [-0.39, 0.29) is 12.2 Å². The minimum atomic E-state index is -0.170. The summed E-state index contributed by atoms with van der Waals surface area (Å²) >= 11 is 0. The van der Waals surface area contributed by atoms with E-state index in [0.29, 0.717) is 23.8 Å². The number of fused-ring (bicyclic) bond motifs is 1. The standard InChI is InChI=1S/C24H36N4O2/c1-3-15(2)12-22-26-14-21-23(28-22)20(16-4-8-18(29)9-5-16)13-27-24(21)30-19-10-6-17(25)7-11-19/h13-19,29H,3-12,25H2,1-2H3/t15-,16?,17?,18?,19?/m0/s1. The number of aliphatic hydroxyl groups is 1. The summed E-state index contributed by atoms with van der Waals surface area (Å²) in [5, 5.41) is 10.9. The monoisotopic (exact) mass is 412 g/mol. The number of ether oxygens (including phenoxy) is 1. The average Bonchev–Trinajstić information content (AvgIpc) is 2.76. The Balaban J connectivity index is 1.66.